The van der Waals surface area contributed by atoms with Crippen LogP contribution >= 0.6 is 11.8 Å². The van der Waals surface area contributed by atoms with Gasteiger partial charge in [-0.3, -0.25) is 9.52 Å². The molecule has 1 aromatic heterocycles. The minimum absolute atomic E-state index is 0.0556. The van der Waals surface area contributed by atoms with Crippen LogP contribution in [0, 0.1) is 0 Å². The first kappa shape index (κ1) is 24.1. The minimum Gasteiger partial charge on any atom is -0.493 e. The number of nitrogens with one attached hydrogen (secondary N) is 2. The second-order valence-corrected chi connectivity index (χ2v) is 9.41. The molecule has 2 aromatic carbocycles. The van der Waals surface area contributed by atoms with Gasteiger partial charge in [0, 0.05) is 29.4 Å². The zero-order valence-corrected chi connectivity index (χ0v) is 19.7. The van der Waals surface area contributed by atoms with Crippen molar-refractivity contribution < 1.29 is 22.7 Å². The number of hydrogen-bond donors (Lipinski definition) is 2. The molecule has 10 heteroatoms. The Kier molecular flexibility index (Phi) is 7.96. The number of benzene rings is 2. The van der Waals surface area contributed by atoms with Crippen molar-refractivity contribution in [3.8, 4) is 11.5 Å². The number of rotatable bonds is 10. The van der Waals surface area contributed by atoms with Crippen molar-refractivity contribution in [1.29, 1.82) is 0 Å². The first-order valence-corrected chi connectivity index (χ1v) is 12.0. The number of nitrogens with zero attached hydrogens (tertiary/aromatic N) is 1. The first-order valence-electron chi connectivity index (χ1n) is 9.74. The van der Waals surface area contributed by atoms with E-state index in [9.17, 15) is 13.2 Å². The van der Waals surface area contributed by atoms with Crippen LogP contribution in [0.25, 0.3) is 0 Å². The van der Waals surface area contributed by atoms with Gasteiger partial charge in [-0.2, -0.15) is 0 Å². The molecule has 33 heavy (non-hydrogen) atoms. The molecule has 0 saturated carbocycles. The van der Waals surface area contributed by atoms with Crippen molar-refractivity contribution in [1.82, 2.24) is 10.3 Å². The van der Waals surface area contributed by atoms with Gasteiger partial charge in [-0.05, 0) is 48.5 Å². The number of carbonyl (C=O) groups excluding carboxylic acids is 1. The zero-order chi connectivity index (χ0) is 23.8. The SMILES string of the molecule is C=CCNC(=O)c1ccc(Sc2ccc(NS(=O)(=O)c3ccc(OC)c(OC)c3)cc2)nc1. The predicted molar refractivity (Wildman–Crippen MR) is 128 cm³/mol. The monoisotopic (exact) mass is 485 g/mol. The van der Waals surface area contributed by atoms with E-state index < -0.39 is 10.0 Å². The molecule has 3 aromatic rings. The van der Waals surface area contributed by atoms with Gasteiger partial charge in [0.25, 0.3) is 15.9 Å². The Bertz CT molecular complexity index is 1230. The van der Waals surface area contributed by atoms with E-state index in [2.05, 4.69) is 21.6 Å². The Morgan fingerprint density at radius 3 is 2.39 bits per heavy atom. The summed E-state index contributed by atoms with van der Waals surface area (Å²) in [7, 11) is -0.888. The molecule has 0 aliphatic heterocycles. The molecule has 8 nitrogen and oxygen atoms in total. The van der Waals surface area contributed by atoms with Gasteiger partial charge in [0.1, 0.15) is 5.03 Å². The lowest BCUT2D eigenvalue weighted by Crippen LogP contribution is -2.23. The molecule has 0 atom stereocenters. The topological polar surface area (TPSA) is 107 Å². The van der Waals surface area contributed by atoms with Gasteiger partial charge in [0.15, 0.2) is 11.5 Å². The van der Waals surface area contributed by atoms with Crippen molar-refractivity contribution >= 4 is 33.4 Å². The highest BCUT2D eigenvalue weighted by Gasteiger charge is 2.17. The molecule has 0 aliphatic rings. The summed E-state index contributed by atoms with van der Waals surface area (Å²) in [5.41, 5.74) is 0.873. The highest BCUT2D eigenvalue weighted by atomic mass is 32.2. The summed E-state index contributed by atoms with van der Waals surface area (Å²) in [6, 6.07) is 14.7. The lowest BCUT2D eigenvalue weighted by Gasteiger charge is -2.12. The Balaban J connectivity index is 1.66. The van der Waals surface area contributed by atoms with Gasteiger partial charge in [0.05, 0.1) is 24.7 Å². The van der Waals surface area contributed by atoms with E-state index in [1.165, 1.54) is 50.4 Å². The second kappa shape index (κ2) is 10.9. The summed E-state index contributed by atoms with van der Waals surface area (Å²) < 4.78 is 38.4. The summed E-state index contributed by atoms with van der Waals surface area (Å²) in [6.45, 7) is 3.95. The molecule has 0 aliphatic carbocycles. The fourth-order valence-electron chi connectivity index (χ4n) is 2.75. The van der Waals surface area contributed by atoms with Crippen LogP contribution < -0.4 is 19.5 Å². The van der Waals surface area contributed by atoms with E-state index in [-0.39, 0.29) is 10.8 Å². The predicted octanol–water partition coefficient (Wildman–Crippen LogP) is 3.97. The van der Waals surface area contributed by atoms with Crippen LogP contribution in [-0.4, -0.2) is 40.1 Å². The van der Waals surface area contributed by atoms with Crippen LogP contribution in [0.15, 0.2) is 88.3 Å². The third kappa shape index (κ3) is 6.27. The molecule has 0 fully saturated rings. The van der Waals surface area contributed by atoms with E-state index >= 15 is 0 Å². The number of pyridine rings is 1. The summed E-state index contributed by atoms with van der Waals surface area (Å²) in [6.07, 6.45) is 3.11. The van der Waals surface area contributed by atoms with E-state index in [1.54, 1.807) is 42.5 Å². The van der Waals surface area contributed by atoms with Crippen LogP contribution in [0.5, 0.6) is 11.5 Å². The van der Waals surface area contributed by atoms with Gasteiger partial charge < -0.3 is 14.8 Å². The first-order chi connectivity index (χ1) is 15.9. The van der Waals surface area contributed by atoms with Crippen molar-refractivity contribution in [2.45, 2.75) is 14.8 Å². The minimum atomic E-state index is -3.81. The smallest absolute Gasteiger partial charge is 0.262 e. The largest absolute Gasteiger partial charge is 0.493 e. The average Bonchev–Trinajstić information content (AvgIpc) is 2.83. The lowest BCUT2D eigenvalue weighted by molar-refractivity contribution is 0.0957. The Labute approximate surface area is 197 Å². The Hall–Kier alpha value is -3.50. The lowest BCUT2D eigenvalue weighted by atomic mass is 10.3. The number of sulfonamides is 1. The van der Waals surface area contributed by atoms with E-state index in [0.29, 0.717) is 34.3 Å². The molecule has 172 valence electrons. The molecule has 0 saturated heterocycles. The molecular weight excluding hydrogens is 462 g/mol. The highest BCUT2D eigenvalue weighted by Crippen LogP contribution is 2.31. The maximum absolute atomic E-state index is 12.7. The number of anilines is 1. The van der Waals surface area contributed by atoms with Crippen LogP contribution in [0.1, 0.15) is 10.4 Å². The third-order valence-electron chi connectivity index (χ3n) is 4.40. The van der Waals surface area contributed by atoms with Gasteiger partial charge in [-0.1, -0.05) is 17.8 Å². The van der Waals surface area contributed by atoms with Gasteiger partial charge in [0.2, 0.25) is 0 Å². The molecule has 1 amide bonds. The van der Waals surface area contributed by atoms with Gasteiger partial charge in [-0.25, -0.2) is 13.4 Å². The molecule has 1 heterocycles. The number of aromatic nitrogens is 1. The third-order valence-corrected chi connectivity index (χ3v) is 6.74. The van der Waals surface area contributed by atoms with Crippen LogP contribution in [-0.2, 0) is 10.0 Å². The maximum Gasteiger partial charge on any atom is 0.262 e. The van der Waals surface area contributed by atoms with Crippen molar-refractivity contribution in [2.75, 3.05) is 25.5 Å². The number of hydrogen-bond acceptors (Lipinski definition) is 7. The quantitative estimate of drug-likeness (QED) is 0.419. The maximum atomic E-state index is 12.7. The van der Waals surface area contributed by atoms with Crippen LogP contribution in [0.3, 0.4) is 0 Å². The standard InChI is InChI=1S/C23H23N3O5S2/c1-4-13-24-23(27)16-5-12-22(25-15-16)32-18-8-6-17(7-9-18)26-33(28,29)19-10-11-20(30-2)21(14-19)31-3/h4-12,14-15,26H,1,13H2,2-3H3,(H,24,27). The average molecular weight is 486 g/mol. The van der Waals surface area contributed by atoms with E-state index in [0.717, 1.165) is 4.90 Å². The number of amides is 1. The van der Waals surface area contributed by atoms with E-state index in [1.807, 2.05) is 0 Å². The Morgan fingerprint density at radius 2 is 1.79 bits per heavy atom. The van der Waals surface area contributed by atoms with Gasteiger partial charge >= 0.3 is 0 Å². The number of methoxy groups -OCH3 is 2. The number of ether oxygens (including phenoxy) is 2. The highest BCUT2D eigenvalue weighted by molar-refractivity contribution is 7.99. The zero-order valence-electron chi connectivity index (χ0n) is 18.1. The van der Waals surface area contributed by atoms with Crippen LogP contribution in [0.4, 0.5) is 5.69 Å². The molecular formula is C23H23N3O5S2. The fraction of sp³-hybridized carbons (Fsp3) is 0.130. The van der Waals surface area contributed by atoms with Crippen molar-refractivity contribution in [3.05, 3.63) is 79.0 Å². The van der Waals surface area contributed by atoms with Crippen LogP contribution in [0.2, 0.25) is 0 Å². The van der Waals surface area contributed by atoms with Crippen molar-refractivity contribution in [3.63, 3.8) is 0 Å². The molecule has 0 spiro atoms. The second-order valence-electron chi connectivity index (χ2n) is 6.63. The Morgan fingerprint density at radius 1 is 1.06 bits per heavy atom. The van der Waals surface area contributed by atoms with Crippen molar-refractivity contribution in [2.24, 2.45) is 0 Å². The molecule has 2 N–H and O–H groups in total. The fourth-order valence-corrected chi connectivity index (χ4v) is 4.58. The summed E-state index contributed by atoms with van der Waals surface area (Å²) in [5.74, 6) is 0.547. The molecule has 0 bridgehead atoms. The normalized spacial score (nSPS) is 10.8. The molecule has 0 unspecified atom stereocenters. The molecule has 0 radical (unpaired) electrons. The summed E-state index contributed by atoms with van der Waals surface area (Å²) in [4.78, 5) is 17.1. The summed E-state index contributed by atoms with van der Waals surface area (Å²) >= 11 is 1.39. The number of carbonyl (C=O) groups is 1. The molecule has 3 rings (SSSR count). The van der Waals surface area contributed by atoms with E-state index in [4.69, 9.17) is 9.47 Å². The summed E-state index contributed by atoms with van der Waals surface area (Å²) in [5, 5.41) is 3.40. The van der Waals surface area contributed by atoms with Gasteiger partial charge in [-0.15, -0.1) is 6.58 Å².